The van der Waals surface area contributed by atoms with Gasteiger partial charge in [-0.3, -0.25) is 10.6 Å². The highest BCUT2D eigenvalue weighted by Crippen LogP contribution is 2.24. The van der Waals surface area contributed by atoms with Crippen molar-refractivity contribution in [3.05, 3.63) is 40.4 Å². The lowest BCUT2D eigenvalue weighted by molar-refractivity contribution is 0.298. The van der Waals surface area contributed by atoms with Crippen LogP contribution in [0.5, 0.6) is 0 Å². The maximum atomic E-state index is 13.2. The molecule has 0 radical (unpaired) electrons. The third kappa shape index (κ3) is 3.70. The summed E-state index contributed by atoms with van der Waals surface area (Å²) < 4.78 is 17.9. The fourth-order valence-electron chi connectivity index (χ4n) is 1.78. The molecule has 0 unspecified atom stereocenters. The van der Waals surface area contributed by atoms with Gasteiger partial charge in [0.15, 0.2) is 11.5 Å². The van der Waals surface area contributed by atoms with Crippen LogP contribution in [0, 0.1) is 11.2 Å². The molecule has 0 aliphatic carbocycles. The van der Waals surface area contributed by atoms with E-state index < -0.39 is 11.7 Å². The quantitative estimate of drug-likeness (QED) is 0.224. The van der Waals surface area contributed by atoms with Gasteiger partial charge >= 0.3 is 0 Å². The molecule has 3 aromatic rings. The van der Waals surface area contributed by atoms with Crippen LogP contribution >= 0.6 is 23.4 Å². The van der Waals surface area contributed by atoms with E-state index in [1.165, 1.54) is 23.9 Å². The molecule has 10 nitrogen and oxygen atoms in total. The number of H-pyrrole nitrogens is 1. The Morgan fingerprint density at radius 1 is 1.48 bits per heavy atom. The van der Waals surface area contributed by atoms with Crippen LogP contribution in [-0.4, -0.2) is 36.5 Å². The Morgan fingerprint density at radius 2 is 2.28 bits per heavy atom. The number of anilines is 2. The first kappa shape index (κ1) is 17.1. The highest BCUT2D eigenvalue weighted by molar-refractivity contribution is 7.98. The minimum Gasteiger partial charge on any atom is -0.368 e. The topological polar surface area (TPSA) is 154 Å². The molecule has 5 N–H and O–H groups in total. The van der Waals surface area contributed by atoms with Gasteiger partial charge < -0.3 is 5.73 Å². The second-order valence-electron chi connectivity index (χ2n) is 4.61. The van der Waals surface area contributed by atoms with Crippen LogP contribution in [0.1, 0.15) is 11.4 Å². The Balaban J connectivity index is 1.76. The van der Waals surface area contributed by atoms with Crippen molar-refractivity contribution >= 4 is 40.8 Å². The summed E-state index contributed by atoms with van der Waals surface area (Å²) in [5, 5.41) is 32.5. The number of amidine groups is 1. The van der Waals surface area contributed by atoms with Crippen molar-refractivity contribution < 1.29 is 14.2 Å². The molecular formula is C12H10ClFN8O2S. The average Bonchev–Trinajstić information content (AvgIpc) is 3.22. The zero-order valence-corrected chi connectivity index (χ0v) is 13.8. The van der Waals surface area contributed by atoms with Crippen molar-refractivity contribution in [3.63, 3.8) is 0 Å². The van der Waals surface area contributed by atoms with Crippen LogP contribution in [0.4, 0.5) is 16.0 Å². The van der Waals surface area contributed by atoms with Crippen LogP contribution in [0.2, 0.25) is 5.02 Å². The van der Waals surface area contributed by atoms with E-state index in [1.807, 2.05) is 0 Å². The molecule has 130 valence electrons. The van der Waals surface area contributed by atoms with Crippen LogP contribution in [0.25, 0.3) is 0 Å². The zero-order chi connectivity index (χ0) is 18.0. The monoisotopic (exact) mass is 384 g/mol. The van der Waals surface area contributed by atoms with E-state index in [0.29, 0.717) is 10.2 Å². The van der Waals surface area contributed by atoms with E-state index in [2.05, 4.69) is 30.1 Å². The molecule has 0 amide bonds. The summed E-state index contributed by atoms with van der Waals surface area (Å²) >= 11 is 6.86. The first-order valence-electron chi connectivity index (χ1n) is 6.61. The van der Waals surface area contributed by atoms with E-state index in [1.54, 1.807) is 0 Å². The number of hydroxylamine groups is 1. The predicted octanol–water partition coefficient (Wildman–Crippen LogP) is 2.08. The Bertz CT molecular complexity index is 916. The summed E-state index contributed by atoms with van der Waals surface area (Å²) in [5.74, 6) is -0.676. The second kappa shape index (κ2) is 7.04. The van der Waals surface area contributed by atoms with Crippen LogP contribution in [0.3, 0.4) is 0 Å². The average molecular weight is 385 g/mol. The smallest absolute Gasteiger partial charge is 0.216 e. The normalized spacial score (nSPS) is 10.8. The molecule has 0 aliphatic rings. The molecule has 0 fully saturated rings. The highest BCUT2D eigenvalue weighted by atomic mass is 35.5. The van der Waals surface area contributed by atoms with E-state index in [0.717, 1.165) is 6.07 Å². The summed E-state index contributed by atoms with van der Waals surface area (Å²) in [5.41, 5.74) is 5.80. The van der Waals surface area contributed by atoms with Crippen molar-refractivity contribution in [1.82, 2.24) is 25.5 Å². The van der Waals surface area contributed by atoms with E-state index in [4.69, 9.17) is 22.7 Å². The third-order valence-electron chi connectivity index (χ3n) is 2.96. The third-order valence-corrected chi connectivity index (χ3v) is 4.11. The van der Waals surface area contributed by atoms with Gasteiger partial charge in [-0.1, -0.05) is 28.5 Å². The fraction of sp³-hybridized carbons (Fsp3) is 0.0833. The molecule has 3 rings (SSSR count). The Labute approximate surface area is 148 Å². The molecule has 0 saturated carbocycles. The van der Waals surface area contributed by atoms with Crippen molar-refractivity contribution in [3.8, 4) is 0 Å². The van der Waals surface area contributed by atoms with Gasteiger partial charge in [0.25, 0.3) is 0 Å². The molecule has 1 aromatic carbocycles. The molecule has 13 heteroatoms. The van der Waals surface area contributed by atoms with Crippen molar-refractivity contribution in [2.24, 2.45) is 0 Å². The number of thioether (sulfide) groups is 1. The number of nitrogens with two attached hydrogens (primary N) is 1. The summed E-state index contributed by atoms with van der Waals surface area (Å²) in [6.45, 7) is 0. The first-order chi connectivity index (χ1) is 12.0. The number of halogens is 2. The number of nitrogen functional groups attached to an aromatic ring is 1. The van der Waals surface area contributed by atoms with E-state index in [9.17, 15) is 9.60 Å². The molecule has 0 atom stereocenters. The molecular weight excluding hydrogens is 375 g/mol. The largest absolute Gasteiger partial charge is 0.368 e. The molecule has 2 aromatic heterocycles. The lowest BCUT2D eigenvalue weighted by atomic mass is 10.2. The van der Waals surface area contributed by atoms with Gasteiger partial charge in [0.1, 0.15) is 11.5 Å². The Morgan fingerprint density at radius 3 is 2.96 bits per heavy atom. The highest BCUT2D eigenvalue weighted by Gasteiger charge is 2.22. The number of hydrogen-bond donors (Lipinski definition) is 4. The van der Waals surface area contributed by atoms with Gasteiger partial charge in [0, 0.05) is 5.75 Å². The van der Waals surface area contributed by atoms with E-state index >= 15 is 0 Å². The molecule has 0 spiro atoms. The van der Waals surface area contributed by atoms with Gasteiger partial charge in [-0.15, -0.1) is 5.10 Å². The summed E-state index contributed by atoms with van der Waals surface area (Å²) in [6.07, 6.45) is 0. The Kier molecular flexibility index (Phi) is 4.83. The summed E-state index contributed by atoms with van der Waals surface area (Å²) in [4.78, 5) is 3.92. The van der Waals surface area contributed by atoms with Crippen molar-refractivity contribution in [2.45, 2.75) is 10.9 Å². The second-order valence-corrected chi connectivity index (χ2v) is 5.96. The van der Waals surface area contributed by atoms with Crippen LogP contribution < -0.4 is 10.8 Å². The maximum Gasteiger partial charge on any atom is 0.216 e. The lowest BCUT2D eigenvalue weighted by Gasteiger charge is -2.16. The lowest BCUT2D eigenvalue weighted by Crippen LogP contribution is -2.28. The minimum absolute atomic E-state index is 0.000967. The number of hydrogen-bond acceptors (Lipinski definition) is 9. The van der Waals surface area contributed by atoms with Crippen LogP contribution in [0.15, 0.2) is 28.0 Å². The number of nitrogens with zero attached hydrogens (tertiary/aromatic N) is 5. The molecule has 0 aliphatic heterocycles. The summed E-state index contributed by atoms with van der Waals surface area (Å²) in [7, 11) is 0. The number of rotatable bonds is 5. The number of aromatic amines is 1. The number of aromatic nitrogens is 5. The van der Waals surface area contributed by atoms with Crippen molar-refractivity contribution in [2.75, 3.05) is 10.8 Å². The molecule has 25 heavy (non-hydrogen) atoms. The number of benzene rings is 1. The maximum absolute atomic E-state index is 13.2. The van der Waals surface area contributed by atoms with Gasteiger partial charge in [-0.2, -0.15) is 4.98 Å². The predicted molar refractivity (Wildman–Crippen MR) is 87.2 cm³/mol. The van der Waals surface area contributed by atoms with E-state index in [-0.39, 0.29) is 33.8 Å². The summed E-state index contributed by atoms with van der Waals surface area (Å²) in [6, 6.07) is 3.50. The van der Waals surface area contributed by atoms with Gasteiger partial charge in [0.2, 0.25) is 11.1 Å². The SMILES string of the molecule is N=C(c1nonc1CSc1n[nH]c(N)n1)N(O)c1ccc(F)c(Cl)c1. The van der Waals surface area contributed by atoms with Gasteiger partial charge in [-0.25, -0.2) is 19.2 Å². The van der Waals surface area contributed by atoms with Gasteiger partial charge in [-0.05, 0) is 23.4 Å². The standard InChI is InChI=1S/C12H10ClFN8O2S/c13-6-3-5(1-2-7(6)14)22(23)10(15)9-8(20-24-21-9)4-25-12-17-11(16)18-19-12/h1-3,15,23H,4H2,(H3,16,17,18,19). The molecule has 2 heterocycles. The number of nitrogens with one attached hydrogen (secondary N) is 2. The zero-order valence-electron chi connectivity index (χ0n) is 12.3. The Hall–Kier alpha value is -2.70. The minimum atomic E-state index is -0.642. The first-order valence-corrected chi connectivity index (χ1v) is 7.97. The fourth-order valence-corrected chi connectivity index (χ4v) is 2.69. The van der Waals surface area contributed by atoms with Gasteiger partial charge in [0.05, 0.1) is 10.7 Å². The molecule has 0 bridgehead atoms. The van der Waals surface area contributed by atoms with Crippen molar-refractivity contribution in [1.29, 1.82) is 5.41 Å². The molecule has 0 saturated heterocycles. The van der Waals surface area contributed by atoms with Crippen LogP contribution in [-0.2, 0) is 5.75 Å².